The van der Waals surface area contributed by atoms with Crippen LogP contribution in [0.3, 0.4) is 0 Å². The molecule has 0 aromatic heterocycles. The Morgan fingerprint density at radius 3 is 2.28 bits per heavy atom. The molecule has 2 rings (SSSR count). The highest BCUT2D eigenvalue weighted by Crippen LogP contribution is 2.32. The average Bonchev–Trinajstić information content (AvgIpc) is 2.74. The predicted molar refractivity (Wildman–Crippen MR) is 112 cm³/mol. The van der Waals surface area contributed by atoms with Crippen LogP contribution in [0, 0.1) is 0 Å². The number of carboxylic acids is 1. The van der Waals surface area contributed by atoms with Crippen LogP contribution < -0.4 is 10.1 Å². The highest BCUT2D eigenvalue weighted by molar-refractivity contribution is 7.91. The van der Waals surface area contributed by atoms with Crippen molar-refractivity contribution in [2.75, 3.05) is 19.7 Å². The first-order valence-electron chi connectivity index (χ1n) is 10.2. The molecule has 0 atom stereocenters. The number of unbranched alkanes of at least 4 members (excludes halogenated alkanes) is 2. The van der Waals surface area contributed by atoms with E-state index in [-0.39, 0.29) is 11.3 Å². The minimum Gasteiger partial charge on any atom is -0.494 e. The molecule has 32 heavy (non-hydrogen) atoms. The zero-order valence-corrected chi connectivity index (χ0v) is 18.2. The van der Waals surface area contributed by atoms with Crippen LogP contribution in [0.25, 0.3) is 0 Å². The molecule has 0 saturated carbocycles. The summed E-state index contributed by atoms with van der Waals surface area (Å²) in [5.74, 6) is -0.321. The normalized spacial score (nSPS) is 12.0. The first kappa shape index (κ1) is 25.7. The Morgan fingerprint density at radius 1 is 0.938 bits per heavy atom. The Labute approximate surface area is 185 Å². The number of carboxylic acid groups (broad SMARTS) is 1. The molecule has 0 amide bonds. The molecule has 0 unspecified atom stereocenters. The number of halogens is 3. The van der Waals surface area contributed by atoms with Crippen molar-refractivity contribution < 1.29 is 36.2 Å². The van der Waals surface area contributed by atoms with Gasteiger partial charge in [-0.3, -0.25) is 4.79 Å². The summed E-state index contributed by atoms with van der Waals surface area (Å²) >= 11 is 0. The summed E-state index contributed by atoms with van der Waals surface area (Å²) in [5, 5.41) is 11.8. The monoisotopic (exact) mass is 473 g/mol. The maximum Gasteiger partial charge on any atom is 0.416 e. The molecule has 10 heteroatoms. The van der Waals surface area contributed by atoms with Crippen LogP contribution in [-0.4, -0.2) is 39.2 Å². The van der Waals surface area contributed by atoms with Gasteiger partial charge in [0.15, 0.2) is 0 Å². The standard InChI is InChI=1S/C22H26F3NO5S/c23-22(24,25)17-6-4-7-20(16-17)32(29,30)19-11-9-18(10-12-19)31-15-5-14-26-13-3-1-2-8-21(27)28/h4,6-7,9-12,16,26H,1-3,5,8,13-15H2,(H,27,28). The van der Waals surface area contributed by atoms with E-state index in [4.69, 9.17) is 9.84 Å². The molecular weight excluding hydrogens is 447 g/mol. The average molecular weight is 474 g/mol. The van der Waals surface area contributed by atoms with Gasteiger partial charge in [0.05, 0.1) is 22.0 Å². The van der Waals surface area contributed by atoms with Crippen LogP contribution in [0.5, 0.6) is 5.75 Å². The van der Waals surface area contributed by atoms with Gasteiger partial charge in [0.1, 0.15) is 5.75 Å². The molecule has 2 N–H and O–H groups in total. The van der Waals surface area contributed by atoms with Gasteiger partial charge < -0.3 is 15.2 Å². The summed E-state index contributed by atoms with van der Waals surface area (Å²) in [6, 6.07) is 9.20. The molecule has 0 aliphatic heterocycles. The number of ether oxygens (including phenoxy) is 1. The molecule has 0 heterocycles. The maximum atomic E-state index is 12.9. The van der Waals surface area contributed by atoms with Gasteiger partial charge in [-0.25, -0.2) is 8.42 Å². The van der Waals surface area contributed by atoms with Crippen LogP contribution in [0.1, 0.15) is 37.7 Å². The molecule has 0 spiro atoms. The number of rotatable bonds is 13. The quantitative estimate of drug-likeness (QED) is 0.415. The lowest BCUT2D eigenvalue weighted by atomic mass is 10.2. The molecule has 0 saturated heterocycles. The summed E-state index contributed by atoms with van der Waals surface area (Å²) in [7, 11) is -4.08. The van der Waals surface area contributed by atoms with E-state index in [0.717, 1.165) is 50.6 Å². The van der Waals surface area contributed by atoms with Crippen molar-refractivity contribution in [3.63, 3.8) is 0 Å². The Balaban J connectivity index is 1.78. The summed E-state index contributed by atoms with van der Waals surface area (Å²) in [5.41, 5.74) is -1.02. The molecule has 0 aliphatic carbocycles. The van der Waals surface area contributed by atoms with E-state index < -0.39 is 32.4 Å². The Morgan fingerprint density at radius 2 is 1.62 bits per heavy atom. The number of sulfone groups is 1. The SMILES string of the molecule is O=C(O)CCCCCNCCCOc1ccc(S(=O)(=O)c2cccc(C(F)(F)F)c2)cc1. The number of hydrogen-bond acceptors (Lipinski definition) is 5. The van der Waals surface area contributed by atoms with Crippen molar-refractivity contribution in [2.45, 2.75) is 48.1 Å². The van der Waals surface area contributed by atoms with Crippen molar-refractivity contribution in [3.8, 4) is 5.75 Å². The second kappa shape index (κ2) is 11.9. The van der Waals surface area contributed by atoms with E-state index in [9.17, 15) is 26.4 Å². The van der Waals surface area contributed by atoms with Crippen molar-refractivity contribution in [3.05, 3.63) is 54.1 Å². The molecule has 2 aromatic rings. The summed E-state index contributed by atoms with van der Waals surface area (Å²) < 4.78 is 69.4. The summed E-state index contributed by atoms with van der Waals surface area (Å²) in [6.07, 6.45) is -1.30. The van der Waals surface area contributed by atoms with E-state index in [1.54, 1.807) is 0 Å². The predicted octanol–water partition coefficient (Wildman–Crippen LogP) is 4.54. The number of alkyl halides is 3. The highest BCUT2D eigenvalue weighted by Gasteiger charge is 2.32. The molecule has 2 aromatic carbocycles. The third kappa shape index (κ3) is 8.16. The van der Waals surface area contributed by atoms with Gasteiger partial charge in [-0.1, -0.05) is 12.5 Å². The summed E-state index contributed by atoms with van der Waals surface area (Å²) in [6.45, 7) is 1.92. The lowest BCUT2D eigenvalue weighted by Gasteiger charge is -2.11. The fourth-order valence-corrected chi connectivity index (χ4v) is 4.21. The molecule has 176 valence electrons. The van der Waals surface area contributed by atoms with E-state index in [2.05, 4.69) is 5.32 Å². The van der Waals surface area contributed by atoms with Crippen LogP contribution >= 0.6 is 0 Å². The van der Waals surface area contributed by atoms with E-state index in [1.807, 2.05) is 0 Å². The lowest BCUT2D eigenvalue weighted by Crippen LogP contribution is -2.18. The fourth-order valence-electron chi connectivity index (χ4n) is 2.91. The Bertz CT molecular complexity index is 976. The highest BCUT2D eigenvalue weighted by atomic mass is 32.2. The molecule has 0 fully saturated rings. The minimum atomic E-state index is -4.63. The summed E-state index contributed by atoms with van der Waals surface area (Å²) in [4.78, 5) is 9.87. The number of aliphatic carboxylic acids is 1. The number of benzene rings is 2. The zero-order valence-electron chi connectivity index (χ0n) is 17.4. The van der Waals surface area contributed by atoms with Crippen molar-refractivity contribution in [1.82, 2.24) is 5.32 Å². The van der Waals surface area contributed by atoms with Crippen molar-refractivity contribution in [2.24, 2.45) is 0 Å². The molecular formula is C22H26F3NO5S. The van der Waals surface area contributed by atoms with Crippen LogP contribution in [-0.2, 0) is 20.8 Å². The largest absolute Gasteiger partial charge is 0.494 e. The van der Waals surface area contributed by atoms with E-state index >= 15 is 0 Å². The van der Waals surface area contributed by atoms with E-state index in [0.29, 0.717) is 24.8 Å². The first-order valence-corrected chi connectivity index (χ1v) is 11.7. The van der Waals surface area contributed by atoms with Gasteiger partial charge >= 0.3 is 12.1 Å². The maximum absolute atomic E-state index is 12.9. The topological polar surface area (TPSA) is 92.7 Å². The third-order valence-electron chi connectivity index (χ3n) is 4.62. The van der Waals surface area contributed by atoms with Gasteiger partial charge in [0.2, 0.25) is 9.84 Å². The lowest BCUT2D eigenvalue weighted by molar-refractivity contribution is -0.138. The molecule has 6 nitrogen and oxygen atoms in total. The van der Waals surface area contributed by atoms with Gasteiger partial charge in [0.25, 0.3) is 0 Å². The van der Waals surface area contributed by atoms with Gasteiger partial charge in [-0.15, -0.1) is 0 Å². The number of carbonyl (C=O) groups is 1. The van der Waals surface area contributed by atoms with Gasteiger partial charge in [-0.05, 0) is 74.8 Å². The Kier molecular flexibility index (Phi) is 9.52. The Hall–Kier alpha value is -2.59. The smallest absolute Gasteiger partial charge is 0.416 e. The zero-order chi connectivity index (χ0) is 23.6. The molecule has 0 aliphatic rings. The van der Waals surface area contributed by atoms with Crippen molar-refractivity contribution in [1.29, 1.82) is 0 Å². The van der Waals surface area contributed by atoms with Gasteiger partial charge in [0, 0.05) is 6.42 Å². The second-order valence-electron chi connectivity index (χ2n) is 7.16. The van der Waals surface area contributed by atoms with Crippen LogP contribution in [0.15, 0.2) is 58.3 Å². The third-order valence-corrected chi connectivity index (χ3v) is 6.38. The molecule has 0 bridgehead atoms. The number of nitrogens with one attached hydrogen (secondary N) is 1. The number of hydrogen-bond donors (Lipinski definition) is 2. The van der Waals surface area contributed by atoms with Crippen molar-refractivity contribution >= 4 is 15.8 Å². The van der Waals surface area contributed by atoms with Crippen LogP contribution in [0.2, 0.25) is 0 Å². The molecule has 0 radical (unpaired) electrons. The first-order chi connectivity index (χ1) is 15.1. The fraction of sp³-hybridized carbons (Fsp3) is 0.409. The minimum absolute atomic E-state index is 0.117. The van der Waals surface area contributed by atoms with Crippen LogP contribution in [0.4, 0.5) is 13.2 Å². The second-order valence-corrected chi connectivity index (χ2v) is 9.11. The van der Waals surface area contributed by atoms with Gasteiger partial charge in [-0.2, -0.15) is 13.2 Å². The van der Waals surface area contributed by atoms with E-state index in [1.165, 1.54) is 24.3 Å².